The van der Waals surface area contributed by atoms with Gasteiger partial charge < -0.3 is 0 Å². The van der Waals surface area contributed by atoms with E-state index in [9.17, 15) is 4.39 Å². The molecule has 0 nitrogen and oxygen atoms in total. The topological polar surface area (TPSA) is 0 Å². The molecule has 82 valence electrons. The minimum absolute atomic E-state index is 0.147. The Balaban J connectivity index is 2.98. The summed E-state index contributed by atoms with van der Waals surface area (Å²) in [6.45, 7) is 5.79. The van der Waals surface area contributed by atoms with Gasteiger partial charge in [0.2, 0.25) is 0 Å². The van der Waals surface area contributed by atoms with Crippen molar-refractivity contribution < 1.29 is 4.39 Å². The first-order valence-electron chi connectivity index (χ1n) is 4.65. The van der Waals surface area contributed by atoms with Crippen LogP contribution < -0.4 is 0 Å². The Morgan fingerprint density at radius 1 is 1.60 bits per heavy atom. The Kier molecular flexibility index (Phi) is 4.35. The molecule has 1 rings (SSSR count). The molecule has 0 saturated carbocycles. The lowest BCUT2D eigenvalue weighted by molar-refractivity contribution is 0.476. The van der Waals surface area contributed by atoms with E-state index in [1.807, 2.05) is 13.0 Å². The van der Waals surface area contributed by atoms with Crippen LogP contribution in [-0.2, 0) is 6.42 Å². The summed E-state index contributed by atoms with van der Waals surface area (Å²) in [6.07, 6.45) is 2.43. The van der Waals surface area contributed by atoms with E-state index in [2.05, 4.69) is 22.5 Å². The number of benzene rings is 1. The van der Waals surface area contributed by atoms with Crippen molar-refractivity contribution in [3.8, 4) is 0 Å². The first-order chi connectivity index (χ1) is 7.02. The molecule has 0 spiro atoms. The molecule has 0 aliphatic carbocycles. The predicted molar refractivity (Wildman–Crippen MR) is 67.2 cm³/mol. The van der Waals surface area contributed by atoms with Crippen molar-refractivity contribution in [2.45, 2.75) is 13.3 Å². The van der Waals surface area contributed by atoms with E-state index in [4.69, 9.17) is 11.6 Å². The van der Waals surface area contributed by atoms with Crippen molar-refractivity contribution in [1.82, 2.24) is 0 Å². The number of allylic oxidation sites excluding steroid dienone is 1. The zero-order valence-electron chi connectivity index (χ0n) is 8.56. The van der Waals surface area contributed by atoms with Gasteiger partial charge in [0.25, 0.3) is 0 Å². The van der Waals surface area contributed by atoms with E-state index in [-0.39, 0.29) is 16.3 Å². The van der Waals surface area contributed by atoms with Crippen LogP contribution >= 0.6 is 27.5 Å². The summed E-state index contributed by atoms with van der Waals surface area (Å²) in [5, 5.41) is 0.920. The van der Waals surface area contributed by atoms with Crippen molar-refractivity contribution in [1.29, 1.82) is 0 Å². The maximum atomic E-state index is 13.6. The highest BCUT2D eigenvalue weighted by Gasteiger charge is 2.21. The maximum Gasteiger partial charge on any atom is 0.144 e. The van der Waals surface area contributed by atoms with Crippen molar-refractivity contribution in [2.24, 2.45) is 5.41 Å². The molecule has 0 heterocycles. The van der Waals surface area contributed by atoms with Gasteiger partial charge in [0.15, 0.2) is 0 Å². The molecule has 15 heavy (non-hydrogen) atoms. The summed E-state index contributed by atoms with van der Waals surface area (Å²) in [5.41, 5.74) is 0.482. The Hall–Kier alpha value is -0.340. The number of hydrogen-bond acceptors (Lipinski definition) is 0. The van der Waals surface area contributed by atoms with Crippen LogP contribution in [-0.4, -0.2) is 5.33 Å². The van der Waals surface area contributed by atoms with E-state index in [0.717, 1.165) is 5.33 Å². The van der Waals surface area contributed by atoms with E-state index >= 15 is 0 Å². The molecule has 0 saturated heterocycles. The quantitative estimate of drug-likeness (QED) is 0.561. The summed E-state index contributed by atoms with van der Waals surface area (Å²) in [7, 11) is 0. The third-order valence-electron chi connectivity index (χ3n) is 2.42. The van der Waals surface area contributed by atoms with Crippen LogP contribution in [0.15, 0.2) is 30.9 Å². The minimum Gasteiger partial charge on any atom is -0.205 e. The van der Waals surface area contributed by atoms with Crippen LogP contribution in [0.3, 0.4) is 0 Å². The van der Waals surface area contributed by atoms with Crippen LogP contribution in [0.1, 0.15) is 12.5 Å². The largest absolute Gasteiger partial charge is 0.205 e. The second kappa shape index (κ2) is 5.13. The minimum atomic E-state index is -0.326. The van der Waals surface area contributed by atoms with Crippen LogP contribution in [0.4, 0.5) is 4.39 Å². The summed E-state index contributed by atoms with van der Waals surface area (Å²) >= 11 is 9.12. The molecule has 0 radical (unpaired) electrons. The first-order valence-corrected chi connectivity index (χ1v) is 6.15. The lowest BCUT2D eigenvalue weighted by atomic mass is 9.86. The van der Waals surface area contributed by atoms with Gasteiger partial charge in [0.1, 0.15) is 5.82 Å². The lowest BCUT2D eigenvalue weighted by Gasteiger charge is -2.23. The number of alkyl halides is 1. The SMILES string of the molecule is C=CC(C)(CBr)Cc1cccc(Cl)c1F. The van der Waals surface area contributed by atoms with E-state index < -0.39 is 0 Å². The zero-order chi connectivity index (χ0) is 11.5. The summed E-state index contributed by atoms with van der Waals surface area (Å²) < 4.78 is 13.6. The van der Waals surface area contributed by atoms with E-state index in [1.165, 1.54) is 0 Å². The second-order valence-corrected chi connectivity index (χ2v) is 4.85. The van der Waals surface area contributed by atoms with Gasteiger partial charge in [0, 0.05) is 5.33 Å². The highest BCUT2D eigenvalue weighted by atomic mass is 79.9. The molecule has 1 atom stereocenters. The number of hydrogen-bond donors (Lipinski definition) is 0. The first kappa shape index (κ1) is 12.7. The molecule has 0 aliphatic heterocycles. The lowest BCUT2D eigenvalue weighted by Crippen LogP contribution is -2.18. The Labute approximate surface area is 103 Å². The van der Waals surface area contributed by atoms with Crippen LogP contribution in [0.5, 0.6) is 0 Å². The summed E-state index contributed by atoms with van der Waals surface area (Å²) in [5.74, 6) is -0.326. The maximum absolute atomic E-state index is 13.6. The zero-order valence-corrected chi connectivity index (χ0v) is 10.9. The normalized spacial score (nSPS) is 14.7. The van der Waals surface area contributed by atoms with Gasteiger partial charge in [-0.15, -0.1) is 6.58 Å². The molecule has 1 unspecified atom stereocenters. The molecule has 1 aromatic carbocycles. The second-order valence-electron chi connectivity index (χ2n) is 3.88. The molecule has 0 amide bonds. The molecule has 0 bridgehead atoms. The van der Waals surface area contributed by atoms with Crippen molar-refractivity contribution in [2.75, 3.05) is 5.33 Å². The standard InChI is InChI=1S/C12H13BrClF/c1-3-12(2,8-13)7-9-5-4-6-10(14)11(9)15/h3-6H,1,7-8H2,2H3. The molecule has 0 N–H and O–H groups in total. The summed E-state index contributed by atoms with van der Waals surface area (Å²) in [4.78, 5) is 0. The van der Waals surface area contributed by atoms with Crippen molar-refractivity contribution in [3.05, 3.63) is 47.3 Å². The Morgan fingerprint density at radius 3 is 2.80 bits per heavy atom. The average molecular weight is 292 g/mol. The molecular weight excluding hydrogens is 278 g/mol. The fourth-order valence-electron chi connectivity index (χ4n) is 1.29. The average Bonchev–Trinajstić information content (AvgIpc) is 2.25. The van der Waals surface area contributed by atoms with Gasteiger partial charge in [-0.2, -0.15) is 0 Å². The Morgan fingerprint density at radius 2 is 2.27 bits per heavy atom. The monoisotopic (exact) mass is 290 g/mol. The van der Waals surface area contributed by atoms with Gasteiger partial charge >= 0.3 is 0 Å². The van der Waals surface area contributed by atoms with Gasteiger partial charge in [-0.05, 0) is 23.5 Å². The smallest absolute Gasteiger partial charge is 0.144 e. The fourth-order valence-corrected chi connectivity index (χ4v) is 1.92. The van der Waals surface area contributed by atoms with E-state index in [1.54, 1.807) is 18.2 Å². The third kappa shape index (κ3) is 3.05. The van der Waals surface area contributed by atoms with Crippen molar-refractivity contribution in [3.63, 3.8) is 0 Å². The molecule has 1 aromatic rings. The molecular formula is C12H13BrClF. The van der Waals surface area contributed by atoms with E-state index in [0.29, 0.717) is 12.0 Å². The van der Waals surface area contributed by atoms with Gasteiger partial charge in [-0.25, -0.2) is 4.39 Å². The highest BCUT2D eigenvalue weighted by Crippen LogP contribution is 2.29. The van der Waals surface area contributed by atoms with Gasteiger partial charge in [0.05, 0.1) is 5.02 Å². The highest BCUT2D eigenvalue weighted by molar-refractivity contribution is 9.09. The number of rotatable bonds is 4. The number of halogens is 3. The molecule has 3 heteroatoms. The van der Waals surface area contributed by atoms with Crippen LogP contribution in [0, 0.1) is 11.2 Å². The van der Waals surface area contributed by atoms with Gasteiger partial charge in [-0.3, -0.25) is 0 Å². The fraction of sp³-hybridized carbons (Fsp3) is 0.333. The van der Waals surface area contributed by atoms with Crippen LogP contribution in [0.2, 0.25) is 5.02 Å². The van der Waals surface area contributed by atoms with Gasteiger partial charge in [-0.1, -0.05) is 52.7 Å². The predicted octanol–water partition coefficient (Wildman–Crippen LogP) is 4.61. The summed E-state index contributed by atoms with van der Waals surface area (Å²) in [6, 6.07) is 5.07. The molecule has 0 fully saturated rings. The molecule has 0 aromatic heterocycles. The van der Waals surface area contributed by atoms with Crippen LogP contribution in [0.25, 0.3) is 0 Å². The third-order valence-corrected chi connectivity index (χ3v) is 4.00. The van der Waals surface area contributed by atoms with Crippen molar-refractivity contribution >= 4 is 27.5 Å². The Bertz CT molecular complexity index is 365. The molecule has 0 aliphatic rings.